The smallest absolute Gasteiger partial charge is 0.450 e. The molecule has 3 nitrogen and oxygen atoms in total. The van der Waals surface area contributed by atoms with Crippen molar-refractivity contribution in [3.05, 3.63) is 23.2 Å². The molecule has 1 heterocycles. The van der Waals surface area contributed by atoms with Gasteiger partial charge in [-0.15, -0.1) is 0 Å². The Bertz CT molecular complexity index is 337. The lowest BCUT2D eigenvalue weighted by Crippen LogP contribution is -2.10. The molecule has 1 aromatic heterocycles. The van der Waals surface area contributed by atoms with Crippen molar-refractivity contribution in [3.8, 4) is 0 Å². The Morgan fingerprint density at radius 1 is 1.54 bits per heavy atom. The summed E-state index contributed by atoms with van der Waals surface area (Å²) < 4.78 is 40.3. The number of halogens is 3. The first-order valence-corrected chi connectivity index (χ1v) is 3.22. The molecule has 1 rings (SSSR count). The van der Waals surface area contributed by atoms with Crippen LogP contribution >= 0.6 is 0 Å². The lowest BCUT2D eigenvalue weighted by molar-refractivity contribution is -0.153. The third kappa shape index (κ3) is 1.66. The van der Waals surface area contributed by atoms with Crippen LogP contribution in [-0.2, 0) is 6.18 Å². The number of rotatable bonds is 1. The summed E-state index contributed by atoms with van der Waals surface area (Å²) in [5.41, 5.74) is -0.868. The van der Waals surface area contributed by atoms with E-state index >= 15 is 0 Å². The number of carboxylic acid groups (broad SMARTS) is 1. The highest BCUT2D eigenvalue weighted by atomic mass is 19.4. The SMILES string of the molecule is Cc1coc(C(F)(F)F)c1C(=O)O. The quantitative estimate of drug-likeness (QED) is 0.746. The van der Waals surface area contributed by atoms with Gasteiger partial charge in [-0.2, -0.15) is 13.2 Å². The van der Waals surface area contributed by atoms with Gasteiger partial charge in [0.05, 0.1) is 6.26 Å². The van der Waals surface area contributed by atoms with E-state index in [4.69, 9.17) is 5.11 Å². The van der Waals surface area contributed by atoms with E-state index in [2.05, 4.69) is 4.42 Å². The van der Waals surface area contributed by atoms with Crippen molar-refractivity contribution in [3.63, 3.8) is 0 Å². The second-order valence-electron chi connectivity index (χ2n) is 2.43. The van der Waals surface area contributed by atoms with Crippen molar-refractivity contribution in [1.29, 1.82) is 0 Å². The van der Waals surface area contributed by atoms with E-state index in [1.165, 1.54) is 6.92 Å². The van der Waals surface area contributed by atoms with Crippen LogP contribution in [0.1, 0.15) is 21.7 Å². The highest BCUT2D eigenvalue weighted by Gasteiger charge is 2.40. The molecule has 0 saturated heterocycles. The predicted octanol–water partition coefficient (Wildman–Crippen LogP) is 2.31. The first-order chi connectivity index (χ1) is 5.84. The molecule has 0 unspecified atom stereocenters. The molecule has 0 aromatic carbocycles. The minimum atomic E-state index is -4.76. The Labute approximate surface area is 70.8 Å². The Hall–Kier alpha value is -1.46. The summed E-state index contributed by atoms with van der Waals surface area (Å²) in [7, 11) is 0. The van der Waals surface area contributed by atoms with Crippen LogP contribution in [0.25, 0.3) is 0 Å². The summed E-state index contributed by atoms with van der Waals surface area (Å²) in [5.74, 6) is -3.10. The van der Waals surface area contributed by atoms with Gasteiger partial charge in [-0.3, -0.25) is 0 Å². The molecule has 1 N–H and O–H groups in total. The summed E-state index contributed by atoms with van der Waals surface area (Å²) in [6.45, 7) is 1.24. The molecule has 1 aromatic rings. The number of hydrogen-bond donors (Lipinski definition) is 1. The van der Waals surface area contributed by atoms with Crippen molar-refractivity contribution < 1.29 is 27.5 Å². The van der Waals surface area contributed by atoms with Gasteiger partial charge >= 0.3 is 12.1 Å². The number of alkyl halides is 3. The van der Waals surface area contributed by atoms with Crippen LogP contribution in [0.4, 0.5) is 13.2 Å². The molecule has 0 aliphatic rings. The van der Waals surface area contributed by atoms with E-state index in [1.54, 1.807) is 0 Å². The molecule has 0 aliphatic heterocycles. The van der Waals surface area contributed by atoms with E-state index in [1.807, 2.05) is 0 Å². The largest absolute Gasteiger partial charge is 0.478 e. The predicted molar refractivity (Wildman–Crippen MR) is 35.4 cm³/mol. The second-order valence-corrected chi connectivity index (χ2v) is 2.43. The lowest BCUT2D eigenvalue weighted by Gasteiger charge is -2.02. The van der Waals surface area contributed by atoms with Crippen molar-refractivity contribution in [2.75, 3.05) is 0 Å². The van der Waals surface area contributed by atoms with Gasteiger partial charge in [-0.25, -0.2) is 4.79 Å². The number of hydrogen-bond acceptors (Lipinski definition) is 2. The third-order valence-electron chi connectivity index (χ3n) is 1.45. The molecular formula is C7H5F3O3. The average Bonchev–Trinajstić information content (AvgIpc) is 2.28. The summed E-state index contributed by atoms with van der Waals surface area (Å²) in [4.78, 5) is 10.4. The number of furan rings is 1. The van der Waals surface area contributed by atoms with Crippen LogP contribution in [0.15, 0.2) is 10.7 Å². The van der Waals surface area contributed by atoms with Crippen molar-refractivity contribution in [2.45, 2.75) is 13.1 Å². The van der Waals surface area contributed by atoms with Crippen LogP contribution in [0.5, 0.6) is 0 Å². The average molecular weight is 194 g/mol. The van der Waals surface area contributed by atoms with Gasteiger partial charge in [-0.1, -0.05) is 0 Å². The van der Waals surface area contributed by atoms with Crippen LogP contribution in [0.3, 0.4) is 0 Å². The highest BCUT2D eigenvalue weighted by molar-refractivity contribution is 5.90. The maximum absolute atomic E-state index is 12.1. The van der Waals surface area contributed by atoms with Crippen LogP contribution < -0.4 is 0 Å². The lowest BCUT2D eigenvalue weighted by atomic mass is 10.1. The van der Waals surface area contributed by atoms with Gasteiger partial charge in [0, 0.05) is 5.56 Å². The minimum absolute atomic E-state index is 0.0418. The Morgan fingerprint density at radius 2 is 2.08 bits per heavy atom. The molecule has 0 saturated carbocycles. The molecule has 72 valence electrons. The Balaban J connectivity index is 3.31. The van der Waals surface area contributed by atoms with Crippen LogP contribution in [0, 0.1) is 6.92 Å². The van der Waals surface area contributed by atoms with E-state index in [9.17, 15) is 18.0 Å². The number of carbonyl (C=O) groups is 1. The number of carboxylic acids is 1. The van der Waals surface area contributed by atoms with Crippen LogP contribution in [-0.4, -0.2) is 11.1 Å². The molecule has 0 fully saturated rings. The standard InChI is InChI=1S/C7H5F3O3/c1-3-2-13-5(7(8,9)10)4(3)6(11)12/h2H,1H3,(H,11,12). The molecule has 13 heavy (non-hydrogen) atoms. The topological polar surface area (TPSA) is 50.4 Å². The maximum atomic E-state index is 12.1. The molecular weight excluding hydrogens is 189 g/mol. The van der Waals surface area contributed by atoms with Gasteiger partial charge in [0.2, 0.25) is 5.76 Å². The zero-order valence-corrected chi connectivity index (χ0v) is 6.47. The van der Waals surface area contributed by atoms with Crippen molar-refractivity contribution in [1.82, 2.24) is 0 Å². The Morgan fingerprint density at radius 3 is 2.38 bits per heavy atom. The molecule has 0 radical (unpaired) electrons. The summed E-state index contributed by atoms with van der Waals surface area (Å²) in [5, 5.41) is 8.44. The van der Waals surface area contributed by atoms with E-state index in [0.29, 0.717) is 0 Å². The van der Waals surface area contributed by atoms with Crippen molar-refractivity contribution in [2.24, 2.45) is 0 Å². The first kappa shape index (κ1) is 9.63. The van der Waals surface area contributed by atoms with Crippen molar-refractivity contribution >= 4 is 5.97 Å². The first-order valence-electron chi connectivity index (χ1n) is 3.22. The molecule has 0 amide bonds. The van der Waals surface area contributed by atoms with Gasteiger partial charge < -0.3 is 9.52 Å². The fraction of sp³-hybridized carbons (Fsp3) is 0.286. The third-order valence-corrected chi connectivity index (χ3v) is 1.45. The molecule has 6 heteroatoms. The van der Waals surface area contributed by atoms with Gasteiger partial charge in [-0.05, 0) is 6.92 Å². The van der Waals surface area contributed by atoms with E-state index in [0.717, 1.165) is 6.26 Å². The van der Waals surface area contributed by atoms with Gasteiger partial charge in [0.15, 0.2) is 0 Å². The normalized spacial score (nSPS) is 11.7. The summed E-state index contributed by atoms with van der Waals surface area (Å²) in [6.07, 6.45) is -3.99. The Kier molecular flexibility index (Phi) is 2.07. The van der Waals surface area contributed by atoms with E-state index < -0.39 is 23.5 Å². The zero-order chi connectivity index (χ0) is 10.2. The monoisotopic (exact) mass is 194 g/mol. The van der Waals surface area contributed by atoms with Gasteiger partial charge in [0.1, 0.15) is 5.56 Å². The molecule has 0 atom stereocenters. The minimum Gasteiger partial charge on any atom is -0.478 e. The molecule has 0 spiro atoms. The summed E-state index contributed by atoms with van der Waals surface area (Å²) >= 11 is 0. The zero-order valence-electron chi connectivity index (χ0n) is 6.47. The maximum Gasteiger partial charge on any atom is 0.450 e. The summed E-state index contributed by atoms with van der Waals surface area (Å²) in [6, 6.07) is 0. The fourth-order valence-electron chi connectivity index (χ4n) is 0.919. The molecule has 0 bridgehead atoms. The number of aromatic carboxylic acids is 1. The van der Waals surface area contributed by atoms with Crippen LogP contribution in [0.2, 0.25) is 0 Å². The number of aryl methyl sites for hydroxylation is 1. The fourth-order valence-corrected chi connectivity index (χ4v) is 0.919. The van der Waals surface area contributed by atoms with Gasteiger partial charge in [0.25, 0.3) is 0 Å². The highest BCUT2D eigenvalue weighted by Crippen LogP contribution is 2.34. The van der Waals surface area contributed by atoms with E-state index in [-0.39, 0.29) is 5.56 Å². The second kappa shape index (κ2) is 2.79. The molecule has 0 aliphatic carbocycles.